The van der Waals surface area contributed by atoms with Gasteiger partial charge < -0.3 is 4.42 Å². The predicted octanol–water partition coefficient (Wildman–Crippen LogP) is 9.82. The van der Waals surface area contributed by atoms with Crippen LogP contribution < -0.4 is 0 Å². The average molecular weight is 558 g/mol. The minimum absolute atomic E-state index is 0.0574. The summed E-state index contributed by atoms with van der Waals surface area (Å²) in [6.45, 7) is 0. The molecule has 9 rings (SSSR count). The second-order valence-corrected chi connectivity index (χ2v) is 12.3. The maximum absolute atomic E-state index is 6.37. The van der Waals surface area contributed by atoms with Gasteiger partial charge in [0.1, 0.15) is 11.2 Å². The van der Waals surface area contributed by atoms with E-state index in [2.05, 4.69) is 72.8 Å². The van der Waals surface area contributed by atoms with Crippen LogP contribution in [0.15, 0.2) is 119 Å². The van der Waals surface area contributed by atoms with Crippen LogP contribution in [0, 0.1) is 0 Å². The third-order valence-corrected chi connectivity index (χ3v) is 9.92. The largest absolute Gasteiger partial charge is 0.456 e. The molecule has 6 aromatic rings. The van der Waals surface area contributed by atoms with Gasteiger partial charge in [-0.2, -0.15) is 0 Å². The quantitative estimate of drug-likeness (QED) is 0.217. The van der Waals surface area contributed by atoms with E-state index in [4.69, 9.17) is 19.4 Å². The molecule has 0 radical (unpaired) electrons. The Hall–Kier alpha value is -4.83. The summed E-state index contributed by atoms with van der Waals surface area (Å²) in [7, 11) is 0. The fraction of sp³-hybridized carbons (Fsp3) is 0.205. The van der Waals surface area contributed by atoms with Gasteiger partial charge in [0.15, 0.2) is 17.5 Å². The molecule has 2 heterocycles. The van der Waals surface area contributed by atoms with Crippen LogP contribution >= 0.6 is 0 Å². The van der Waals surface area contributed by atoms with Crippen LogP contribution in [0.3, 0.4) is 0 Å². The first-order chi connectivity index (χ1) is 21.3. The average Bonchev–Trinajstić information content (AvgIpc) is 3.57. The van der Waals surface area contributed by atoms with E-state index in [1.54, 1.807) is 5.57 Å². The van der Waals surface area contributed by atoms with Crippen molar-refractivity contribution in [2.24, 2.45) is 0 Å². The number of aromatic nitrogens is 3. The normalized spacial score (nSPS) is 18.8. The number of para-hydroxylation sites is 1. The van der Waals surface area contributed by atoms with Gasteiger partial charge in [0, 0.05) is 38.8 Å². The van der Waals surface area contributed by atoms with Crippen molar-refractivity contribution in [3.8, 4) is 22.8 Å². The molecule has 1 spiro atoms. The Morgan fingerprint density at radius 3 is 2.00 bits per heavy atom. The number of furan rings is 1. The lowest BCUT2D eigenvalue weighted by molar-refractivity contribution is 0.342. The summed E-state index contributed by atoms with van der Waals surface area (Å²) in [6.07, 6.45) is 11.9. The third kappa shape index (κ3) is 3.86. The first-order valence-corrected chi connectivity index (χ1v) is 15.5. The Labute approximate surface area is 250 Å². The van der Waals surface area contributed by atoms with Crippen molar-refractivity contribution in [3.05, 3.63) is 132 Å². The van der Waals surface area contributed by atoms with Crippen molar-refractivity contribution in [2.75, 3.05) is 0 Å². The monoisotopic (exact) mass is 557 g/mol. The lowest BCUT2D eigenvalue weighted by Gasteiger charge is -2.38. The predicted molar refractivity (Wildman–Crippen MR) is 173 cm³/mol. The van der Waals surface area contributed by atoms with Crippen LogP contribution in [-0.2, 0) is 5.41 Å². The minimum atomic E-state index is 0.0574. The van der Waals surface area contributed by atoms with Crippen LogP contribution in [0.4, 0.5) is 0 Å². The molecule has 1 saturated carbocycles. The van der Waals surface area contributed by atoms with E-state index in [0.29, 0.717) is 17.6 Å². The Kier molecular flexibility index (Phi) is 5.52. The maximum atomic E-state index is 6.37. The standard InChI is InChI=1S/C39H31N3O/c1-4-12-25(13-5-1)36-40-37(26-14-6-2-7-15-26)42-38(41-36)27-18-19-28-30-24-35-31(29-16-8-9-17-34(29)43-35)23-33(30)39(32(28)22-27)20-10-3-11-21-39/h1-2,4-9,12-18,22-24,28H,3,10-11,19-21H2. The summed E-state index contributed by atoms with van der Waals surface area (Å²) in [5.41, 5.74) is 9.63. The molecule has 0 amide bonds. The van der Waals surface area contributed by atoms with E-state index in [-0.39, 0.29) is 5.41 Å². The number of allylic oxidation sites excluding steroid dienone is 4. The van der Waals surface area contributed by atoms with Crippen molar-refractivity contribution in [3.63, 3.8) is 0 Å². The Morgan fingerprint density at radius 2 is 1.28 bits per heavy atom. The van der Waals surface area contributed by atoms with Gasteiger partial charge in [-0.25, -0.2) is 15.0 Å². The minimum Gasteiger partial charge on any atom is -0.456 e. The van der Waals surface area contributed by atoms with Crippen molar-refractivity contribution < 1.29 is 4.42 Å². The zero-order valence-electron chi connectivity index (χ0n) is 24.0. The number of hydrogen-bond acceptors (Lipinski definition) is 4. The summed E-state index contributed by atoms with van der Waals surface area (Å²) in [6, 6.07) is 33.8. The smallest absolute Gasteiger partial charge is 0.164 e. The molecule has 0 aliphatic heterocycles. The van der Waals surface area contributed by atoms with E-state index >= 15 is 0 Å². The molecule has 4 aromatic carbocycles. The van der Waals surface area contributed by atoms with Gasteiger partial charge in [-0.05, 0) is 48.6 Å². The Bertz CT molecular complexity index is 2020. The zero-order chi connectivity index (χ0) is 28.4. The molecule has 1 unspecified atom stereocenters. The molecule has 2 aromatic heterocycles. The van der Waals surface area contributed by atoms with E-state index in [9.17, 15) is 0 Å². The van der Waals surface area contributed by atoms with Crippen molar-refractivity contribution in [1.29, 1.82) is 0 Å². The van der Waals surface area contributed by atoms with Crippen LogP contribution in [-0.4, -0.2) is 15.0 Å². The van der Waals surface area contributed by atoms with E-state index in [1.807, 2.05) is 36.4 Å². The van der Waals surface area contributed by atoms with Gasteiger partial charge >= 0.3 is 0 Å². The van der Waals surface area contributed by atoms with Gasteiger partial charge in [-0.15, -0.1) is 0 Å². The maximum Gasteiger partial charge on any atom is 0.164 e. The summed E-state index contributed by atoms with van der Waals surface area (Å²) >= 11 is 0. The third-order valence-electron chi connectivity index (χ3n) is 9.92. The molecule has 0 N–H and O–H groups in total. The first-order valence-electron chi connectivity index (χ1n) is 15.5. The summed E-state index contributed by atoms with van der Waals surface area (Å²) < 4.78 is 6.37. The second-order valence-electron chi connectivity index (χ2n) is 12.3. The van der Waals surface area contributed by atoms with Crippen LogP contribution in [0.25, 0.3) is 50.3 Å². The Balaban J connectivity index is 1.21. The molecule has 0 saturated heterocycles. The van der Waals surface area contributed by atoms with E-state index < -0.39 is 0 Å². The lowest BCUT2D eigenvalue weighted by atomic mass is 9.66. The number of benzene rings is 4. The molecule has 4 heteroatoms. The molecule has 3 aliphatic rings. The molecule has 1 fully saturated rings. The number of fused-ring (bicyclic) bond motifs is 8. The van der Waals surface area contributed by atoms with Gasteiger partial charge in [-0.1, -0.05) is 116 Å². The Morgan fingerprint density at radius 1 is 0.628 bits per heavy atom. The molecular formula is C39H31N3O. The summed E-state index contributed by atoms with van der Waals surface area (Å²) in [4.78, 5) is 15.1. The number of rotatable bonds is 3. The highest BCUT2D eigenvalue weighted by Gasteiger charge is 2.49. The van der Waals surface area contributed by atoms with Crippen LogP contribution in [0.1, 0.15) is 61.4 Å². The second kappa shape index (κ2) is 9.60. The van der Waals surface area contributed by atoms with Gasteiger partial charge in [-0.3, -0.25) is 0 Å². The molecule has 4 nitrogen and oxygen atoms in total. The summed E-state index contributed by atoms with van der Waals surface area (Å²) in [5.74, 6) is 2.53. The SMILES string of the molecule is C1=C(c2nc(-c3ccccc3)nc(-c3ccccc3)n2)C=C2C(C1)c1cc3oc4ccccc4c3cc1C21CCCCC1. The van der Waals surface area contributed by atoms with Gasteiger partial charge in [0.05, 0.1) is 0 Å². The zero-order valence-corrected chi connectivity index (χ0v) is 24.0. The molecule has 1 atom stereocenters. The van der Waals surface area contributed by atoms with E-state index in [1.165, 1.54) is 54.0 Å². The molecule has 3 aliphatic carbocycles. The molecule has 208 valence electrons. The highest BCUT2D eigenvalue weighted by molar-refractivity contribution is 6.05. The molecule has 43 heavy (non-hydrogen) atoms. The highest BCUT2D eigenvalue weighted by Crippen LogP contribution is 2.60. The fourth-order valence-electron chi connectivity index (χ4n) is 7.92. The van der Waals surface area contributed by atoms with Crippen LogP contribution in [0.2, 0.25) is 0 Å². The van der Waals surface area contributed by atoms with Gasteiger partial charge in [0.2, 0.25) is 0 Å². The van der Waals surface area contributed by atoms with Crippen molar-refractivity contribution in [1.82, 2.24) is 15.0 Å². The van der Waals surface area contributed by atoms with E-state index in [0.717, 1.165) is 40.1 Å². The lowest BCUT2D eigenvalue weighted by Crippen LogP contribution is -2.29. The van der Waals surface area contributed by atoms with Gasteiger partial charge in [0.25, 0.3) is 0 Å². The first kappa shape index (κ1) is 24.7. The molecular weight excluding hydrogens is 526 g/mol. The molecule has 0 bridgehead atoms. The number of hydrogen-bond donors (Lipinski definition) is 0. The van der Waals surface area contributed by atoms with Crippen molar-refractivity contribution >= 4 is 27.5 Å². The van der Waals surface area contributed by atoms with Crippen LogP contribution in [0.5, 0.6) is 0 Å². The fourth-order valence-corrected chi connectivity index (χ4v) is 7.92. The number of nitrogens with zero attached hydrogens (tertiary/aromatic N) is 3. The highest BCUT2D eigenvalue weighted by atomic mass is 16.3. The topological polar surface area (TPSA) is 51.8 Å². The summed E-state index contributed by atoms with van der Waals surface area (Å²) in [5, 5.41) is 2.45. The van der Waals surface area contributed by atoms with Crippen molar-refractivity contribution in [2.45, 2.75) is 49.9 Å².